The number of fused-ring (bicyclic) bond motifs is 9. The summed E-state index contributed by atoms with van der Waals surface area (Å²) in [6, 6.07) is 70.6. The zero-order valence-corrected chi connectivity index (χ0v) is 34.1. The van der Waals surface area contributed by atoms with E-state index in [4.69, 9.17) is 9.97 Å². The van der Waals surface area contributed by atoms with Gasteiger partial charge in [-0.1, -0.05) is 184 Å². The molecule has 3 heteroatoms. The summed E-state index contributed by atoms with van der Waals surface area (Å²) in [5.74, 6) is 0.716. The zero-order valence-electron chi connectivity index (χ0n) is 33.3. The molecule has 1 aliphatic rings. The molecular weight excluding hydrogens is 745 g/mol. The highest BCUT2D eigenvalue weighted by Crippen LogP contribution is 2.54. The highest BCUT2D eigenvalue weighted by atomic mass is 32.1. The predicted octanol–water partition coefficient (Wildman–Crippen LogP) is 15.8. The molecule has 12 rings (SSSR count). The Hall–Kier alpha value is -7.20. The van der Waals surface area contributed by atoms with Crippen LogP contribution in [-0.4, -0.2) is 9.97 Å². The van der Waals surface area contributed by atoms with Crippen LogP contribution in [0.2, 0.25) is 0 Å². The van der Waals surface area contributed by atoms with E-state index < -0.39 is 0 Å². The van der Waals surface area contributed by atoms with Gasteiger partial charge in [0, 0.05) is 42.3 Å². The Morgan fingerprint density at radius 2 is 0.983 bits per heavy atom. The Morgan fingerprint density at radius 1 is 0.400 bits per heavy atom. The minimum absolute atomic E-state index is 0.115. The van der Waals surface area contributed by atoms with Crippen LogP contribution in [0.15, 0.2) is 194 Å². The van der Waals surface area contributed by atoms with Crippen LogP contribution >= 0.6 is 11.3 Å². The van der Waals surface area contributed by atoms with Crippen molar-refractivity contribution in [1.82, 2.24) is 9.97 Å². The summed E-state index contributed by atoms with van der Waals surface area (Å²) in [4.78, 5) is 10.6. The van der Waals surface area contributed by atoms with Crippen LogP contribution in [-0.2, 0) is 5.41 Å². The molecule has 11 aromatic rings. The van der Waals surface area contributed by atoms with Gasteiger partial charge in [-0.05, 0) is 90.3 Å². The Kier molecular flexibility index (Phi) is 7.79. The van der Waals surface area contributed by atoms with Gasteiger partial charge in [0.15, 0.2) is 5.82 Å². The van der Waals surface area contributed by atoms with Crippen molar-refractivity contribution in [3.8, 4) is 67.3 Å². The molecule has 2 aromatic heterocycles. The first-order valence-corrected chi connectivity index (χ1v) is 21.5. The van der Waals surface area contributed by atoms with Crippen molar-refractivity contribution >= 4 is 53.1 Å². The van der Waals surface area contributed by atoms with Gasteiger partial charge in [-0.3, -0.25) is 0 Å². The van der Waals surface area contributed by atoms with Gasteiger partial charge in [0.25, 0.3) is 0 Å². The topological polar surface area (TPSA) is 25.8 Å². The third kappa shape index (κ3) is 5.33. The van der Waals surface area contributed by atoms with Gasteiger partial charge in [0.1, 0.15) is 0 Å². The second-order valence-electron chi connectivity index (χ2n) is 16.5. The lowest BCUT2D eigenvalue weighted by molar-refractivity contribution is 0.666. The summed E-state index contributed by atoms with van der Waals surface area (Å²) in [6.07, 6.45) is 0. The Bertz CT molecular complexity index is 3520. The number of nitrogens with zero attached hydrogens (tertiary/aromatic N) is 2. The van der Waals surface area contributed by atoms with Crippen LogP contribution in [0.1, 0.15) is 25.0 Å². The lowest BCUT2D eigenvalue weighted by Crippen LogP contribution is -2.15. The molecule has 0 amide bonds. The van der Waals surface area contributed by atoms with E-state index >= 15 is 0 Å². The SMILES string of the molecule is CC1(C)c2cccc(-c3cccc(-c4ccc(-c5cc(-c6cccc7sc8ccccc8c67)nc(-c6ccccc6)n5)c5ccccc45)c3)c2-c2ccc3ccccc3c21. The molecule has 0 saturated heterocycles. The van der Waals surface area contributed by atoms with Crippen LogP contribution < -0.4 is 0 Å². The van der Waals surface area contributed by atoms with E-state index in [1.54, 1.807) is 0 Å². The van der Waals surface area contributed by atoms with Gasteiger partial charge < -0.3 is 0 Å². The molecule has 0 spiro atoms. The standard InChI is InChI=1S/C57H38N2S/c1-57(2)48-26-13-24-40(53(48)47-30-29-35-15-6-7-20-41(35)55(47)57)38-19-12-18-37(33-38)39-31-32-44(43-22-9-8-21-42(39)43)49-34-50(59-56(58-49)36-16-4-3-5-17-36)45-25-14-28-52-54(45)46-23-10-11-27-51(46)60-52/h3-34H,1-2H3. The zero-order chi connectivity index (χ0) is 40.0. The summed E-state index contributed by atoms with van der Waals surface area (Å²) in [5, 5.41) is 7.48. The fourth-order valence-electron chi connectivity index (χ4n) is 9.95. The van der Waals surface area contributed by atoms with Crippen LogP contribution in [0.3, 0.4) is 0 Å². The van der Waals surface area contributed by atoms with Gasteiger partial charge in [0.05, 0.1) is 11.4 Å². The van der Waals surface area contributed by atoms with Crippen molar-refractivity contribution in [3.05, 3.63) is 205 Å². The van der Waals surface area contributed by atoms with Crippen molar-refractivity contribution in [1.29, 1.82) is 0 Å². The average molecular weight is 783 g/mol. The number of hydrogen-bond acceptors (Lipinski definition) is 3. The normalized spacial score (nSPS) is 13.0. The first-order valence-electron chi connectivity index (χ1n) is 20.7. The summed E-state index contributed by atoms with van der Waals surface area (Å²) in [6.45, 7) is 4.76. The van der Waals surface area contributed by atoms with E-state index in [1.165, 1.54) is 80.8 Å². The fourth-order valence-corrected chi connectivity index (χ4v) is 11.1. The average Bonchev–Trinajstić information content (AvgIpc) is 3.81. The number of benzene rings is 9. The van der Waals surface area contributed by atoms with Crippen LogP contribution in [0.4, 0.5) is 0 Å². The molecular formula is C57H38N2S. The molecule has 0 unspecified atom stereocenters. The molecule has 2 nitrogen and oxygen atoms in total. The van der Waals surface area contributed by atoms with Gasteiger partial charge in [-0.15, -0.1) is 11.3 Å². The molecule has 0 aliphatic heterocycles. The minimum Gasteiger partial charge on any atom is -0.228 e. The number of hydrogen-bond donors (Lipinski definition) is 0. The molecule has 9 aromatic carbocycles. The molecule has 0 fully saturated rings. The van der Waals surface area contributed by atoms with Gasteiger partial charge in [0.2, 0.25) is 0 Å². The van der Waals surface area contributed by atoms with E-state index in [9.17, 15) is 0 Å². The van der Waals surface area contributed by atoms with Gasteiger partial charge >= 0.3 is 0 Å². The van der Waals surface area contributed by atoms with Crippen molar-refractivity contribution < 1.29 is 0 Å². The minimum atomic E-state index is -0.115. The number of thiophene rings is 1. The van der Waals surface area contributed by atoms with Crippen molar-refractivity contribution in [3.63, 3.8) is 0 Å². The maximum atomic E-state index is 5.31. The smallest absolute Gasteiger partial charge is 0.160 e. The monoisotopic (exact) mass is 782 g/mol. The third-order valence-electron chi connectivity index (χ3n) is 12.7. The van der Waals surface area contributed by atoms with Crippen molar-refractivity contribution in [2.24, 2.45) is 0 Å². The molecule has 0 saturated carbocycles. The molecule has 0 atom stereocenters. The molecule has 0 radical (unpaired) electrons. The third-order valence-corrected chi connectivity index (χ3v) is 13.8. The lowest BCUT2D eigenvalue weighted by atomic mass is 9.80. The molecule has 60 heavy (non-hydrogen) atoms. The van der Waals surface area contributed by atoms with E-state index in [0.29, 0.717) is 5.82 Å². The Morgan fingerprint density at radius 3 is 1.82 bits per heavy atom. The first kappa shape index (κ1) is 34.8. The van der Waals surface area contributed by atoms with Gasteiger partial charge in [-0.2, -0.15) is 0 Å². The van der Waals surface area contributed by atoms with Gasteiger partial charge in [-0.25, -0.2) is 9.97 Å². The lowest BCUT2D eigenvalue weighted by Gasteiger charge is -2.23. The molecule has 0 N–H and O–H groups in total. The van der Waals surface area contributed by atoms with E-state index in [1.807, 2.05) is 17.4 Å². The summed E-state index contributed by atoms with van der Waals surface area (Å²) >= 11 is 1.83. The molecule has 1 aliphatic carbocycles. The summed E-state index contributed by atoms with van der Waals surface area (Å²) in [5.41, 5.74) is 15.3. The highest BCUT2D eigenvalue weighted by Gasteiger charge is 2.38. The first-order chi connectivity index (χ1) is 29.5. The molecule has 0 bridgehead atoms. The van der Waals surface area contributed by atoms with E-state index in [-0.39, 0.29) is 5.41 Å². The number of aromatic nitrogens is 2. The van der Waals surface area contributed by atoms with Crippen molar-refractivity contribution in [2.45, 2.75) is 19.3 Å². The molecule has 282 valence electrons. The largest absolute Gasteiger partial charge is 0.228 e. The van der Waals surface area contributed by atoms with Crippen LogP contribution in [0.25, 0.3) is 109 Å². The van der Waals surface area contributed by atoms with Crippen LogP contribution in [0, 0.1) is 0 Å². The summed E-state index contributed by atoms with van der Waals surface area (Å²) in [7, 11) is 0. The maximum absolute atomic E-state index is 5.31. The molecule has 2 heterocycles. The Labute approximate surface area is 353 Å². The van der Waals surface area contributed by atoms with Crippen LogP contribution in [0.5, 0.6) is 0 Å². The maximum Gasteiger partial charge on any atom is 0.160 e. The van der Waals surface area contributed by atoms with Crippen molar-refractivity contribution in [2.75, 3.05) is 0 Å². The second-order valence-corrected chi connectivity index (χ2v) is 17.5. The van der Waals surface area contributed by atoms with E-state index in [0.717, 1.165) is 33.5 Å². The fraction of sp³-hybridized carbons (Fsp3) is 0.0526. The number of rotatable bonds is 5. The quantitative estimate of drug-likeness (QED) is 0.174. The second kappa shape index (κ2) is 13.4. The van der Waals surface area contributed by atoms with E-state index in [2.05, 4.69) is 202 Å². The summed E-state index contributed by atoms with van der Waals surface area (Å²) < 4.78 is 2.54. The Balaban J connectivity index is 1.02. The predicted molar refractivity (Wildman–Crippen MR) is 255 cm³/mol. The highest BCUT2D eigenvalue weighted by molar-refractivity contribution is 7.25.